The fraction of sp³-hybridized carbons (Fsp3) is 0.500. The number of amides is 1. The van der Waals surface area contributed by atoms with Gasteiger partial charge >= 0.3 is 6.09 Å². The van der Waals surface area contributed by atoms with E-state index in [1.54, 1.807) is 9.58 Å². The van der Waals surface area contributed by atoms with Crippen molar-refractivity contribution in [2.24, 2.45) is 0 Å². The van der Waals surface area contributed by atoms with E-state index in [1.807, 2.05) is 43.5 Å². The highest BCUT2D eigenvalue weighted by atomic mass is 16.6. The number of ether oxygens (including phenoxy) is 2. The second kappa shape index (κ2) is 7.23. The number of nitrogens with zero attached hydrogens (tertiary/aromatic N) is 3. The van der Waals surface area contributed by atoms with Crippen molar-refractivity contribution in [3.05, 3.63) is 47.8 Å². The van der Waals surface area contributed by atoms with Crippen molar-refractivity contribution in [1.82, 2.24) is 14.7 Å². The molecule has 1 fully saturated rings. The summed E-state index contributed by atoms with van der Waals surface area (Å²) in [5, 5.41) is 14.9. The molecule has 2 aliphatic heterocycles. The molecule has 0 saturated carbocycles. The van der Waals surface area contributed by atoms with Crippen LogP contribution in [-0.4, -0.2) is 44.6 Å². The van der Waals surface area contributed by atoms with Crippen LogP contribution >= 0.6 is 0 Å². The predicted octanol–water partition coefficient (Wildman–Crippen LogP) is 2.89. The van der Waals surface area contributed by atoms with Crippen molar-refractivity contribution >= 4 is 6.09 Å². The number of piperidine rings is 1. The lowest BCUT2D eigenvalue weighted by Crippen LogP contribution is -2.51. The molecule has 2 aromatic rings. The Balaban J connectivity index is 1.35. The lowest BCUT2D eigenvalue weighted by atomic mass is 9.83. The maximum Gasteiger partial charge on any atom is 0.410 e. The summed E-state index contributed by atoms with van der Waals surface area (Å²) in [7, 11) is 0. The van der Waals surface area contributed by atoms with Gasteiger partial charge < -0.3 is 19.5 Å². The molecule has 1 atom stereocenters. The summed E-state index contributed by atoms with van der Waals surface area (Å²) in [4.78, 5) is 14.1. The van der Waals surface area contributed by atoms with Crippen LogP contribution in [-0.2, 0) is 17.9 Å². The number of hydrogen-bond donors (Lipinski definition) is 1. The molecule has 4 rings (SSSR count). The number of aryl methyl sites for hydroxylation is 1. The van der Waals surface area contributed by atoms with E-state index in [0.717, 1.165) is 12.1 Å². The van der Waals surface area contributed by atoms with Gasteiger partial charge in [0.2, 0.25) is 0 Å². The van der Waals surface area contributed by atoms with Crippen LogP contribution in [0.1, 0.15) is 43.5 Å². The van der Waals surface area contributed by atoms with E-state index in [9.17, 15) is 9.90 Å². The van der Waals surface area contributed by atoms with Gasteiger partial charge in [0, 0.05) is 38.9 Å². The molecule has 1 saturated heterocycles. The zero-order valence-electron chi connectivity index (χ0n) is 15.5. The van der Waals surface area contributed by atoms with Crippen molar-refractivity contribution in [3.63, 3.8) is 0 Å². The second-order valence-electron chi connectivity index (χ2n) is 7.27. The molecular weight excluding hydrogens is 346 g/mol. The number of likely N-dealkylation sites (tertiary alicyclic amines) is 1. The molecule has 0 radical (unpaired) electrons. The highest BCUT2D eigenvalue weighted by molar-refractivity contribution is 5.67. The Morgan fingerprint density at radius 3 is 2.78 bits per heavy atom. The third kappa shape index (κ3) is 3.64. The van der Waals surface area contributed by atoms with Crippen molar-refractivity contribution in [3.8, 4) is 5.75 Å². The Bertz CT molecular complexity index is 797. The highest BCUT2D eigenvalue weighted by Crippen LogP contribution is 2.43. The van der Waals surface area contributed by atoms with E-state index in [1.165, 1.54) is 0 Å². The Hall–Kier alpha value is -2.54. The van der Waals surface area contributed by atoms with Gasteiger partial charge in [0.15, 0.2) is 5.75 Å². The van der Waals surface area contributed by atoms with Gasteiger partial charge in [-0.05, 0) is 12.5 Å². The maximum atomic E-state index is 12.3. The van der Waals surface area contributed by atoms with E-state index >= 15 is 0 Å². The highest BCUT2D eigenvalue weighted by Gasteiger charge is 2.45. The number of benzene rings is 1. The molecule has 144 valence electrons. The zero-order valence-corrected chi connectivity index (χ0v) is 15.5. The van der Waals surface area contributed by atoms with Crippen LogP contribution in [0.5, 0.6) is 5.75 Å². The van der Waals surface area contributed by atoms with Crippen molar-refractivity contribution in [2.75, 3.05) is 13.1 Å². The number of aromatic nitrogens is 2. The molecule has 7 heteroatoms. The molecule has 1 unspecified atom stereocenters. The summed E-state index contributed by atoms with van der Waals surface area (Å²) < 4.78 is 13.5. The third-order valence-corrected chi connectivity index (χ3v) is 5.42. The molecule has 27 heavy (non-hydrogen) atoms. The number of hydrogen-bond acceptors (Lipinski definition) is 5. The number of fused-ring (bicyclic) bond motifs is 1. The van der Waals surface area contributed by atoms with Crippen LogP contribution < -0.4 is 4.74 Å². The standard InChI is InChI=1S/C20H25N3O4/c1-2-23-13-17-18(21-23)16(24)12-20(27-17)8-10-22(11-9-20)19(25)26-14-15-6-4-3-5-7-15/h3-7,13,16,24H,2,8-12,14H2,1H3. The molecule has 1 aromatic heterocycles. The minimum atomic E-state index is -0.627. The molecule has 0 aliphatic carbocycles. The van der Waals surface area contributed by atoms with Gasteiger partial charge in [-0.25, -0.2) is 4.79 Å². The molecule has 0 bridgehead atoms. The van der Waals surface area contributed by atoms with Gasteiger partial charge in [0.25, 0.3) is 0 Å². The van der Waals surface area contributed by atoms with E-state index in [-0.39, 0.29) is 12.7 Å². The first-order valence-corrected chi connectivity index (χ1v) is 9.49. The summed E-state index contributed by atoms with van der Waals surface area (Å²) in [5.74, 6) is 0.663. The minimum absolute atomic E-state index is 0.274. The third-order valence-electron chi connectivity index (χ3n) is 5.42. The molecule has 1 aromatic carbocycles. The quantitative estimate of drug-likeness (QED) is 0.898. The normalized spacial score (nSPS) is 20.8. The van der Waals surface area contributed by atoms with Crippen molar-refractivity contribution in [1.29, 1.82) is 0 Å². The van der Waals surface area contributed by atoms with Crippen LogP contribution in [0.25, 0.3) is 0 Å². The molecule has 1 spiro atoms. The van der Waals surface area contributed by atoms with E-state index < -0.39 is 11.7 Å². The largest absolute Gasteiger partial charge is 0.483 e. The first kappa shape index (κ1) is 17.9. The van der Waals surface area contributed by atoms with Crippen LogP contribution in [0.4, 0.5) is 4.79 Å². The molecule has 7 nitrogen and oxygen atoms in total. The number of aliphatic hydroxyl groups excluding tert-OH is 1. The lowest BCUT2D eigenvalue weighted by molar-refractivity contribution is -0.0531. The van der Waals surface area contributed by atoms with Crippen LogP contribution in [0.15, 0.2) is 36.5 Å². The van der Waals surface area contributed by atoms with Crippen LogP contribution in [0, 0.1) is 0 Å². The average molecular weight is 371 g/mol. The Morgan fingerprint density at radius 2 is 2.07 bits per heavy atom. The number of carbonyl (C=O) groups excluding carboxylic acids is 1. The predicted molar refractivity (Wildman–Crippen MR) is 98.3 cm³/mol. The minimum Gasteiger partial charge on any atom is -0.483 e. The zero-order chi connectivity index (χ0) is 18.9. The SMILES string of the molecule is CCn1cc2c(n1)C(O)CC1(CCN(C(=O)OCc3ccccc3)CC1)O2. The van der Waals surface area contributed by atoms with Crippen molar-refractivity contribution < 1.29 is 19.4 Å². The van der Waals surface area contributed by atoms with E-state index in [0.29, 0.717) is 43.8 Å². The molecule has 2 aliphatic rings. The van der Waals surface area contributed by atoms with E-state index in [2.05, 4.69) is 5.10 Å². The fourth-order valence-corrected chi connectivity index (χ4v) is 3.83. The first-order valence-electron chi connectivity index (χ1n) is 9.49. The van der Waals surface area contributed by atoms with Crippen LogP contribution in [0.3, 0.4) is 0 Å². The second-order valence-corrected chi connectivity index (χ2v) is 7.27. The molecule has 1 amide bonds. The van der Waals surface area contributed by atoms with Crippen molar-refractivity contribution in [2.45, 2.75) is 51.0 Å². The number of rotatable bonds is 3. The Morgan fingerprint density at radius 1 is 1.33 bits per heavy atom. The molecule has 1 N–H and O–H groups in total. The summed E-state index contributed by atoms with van der Waals surface area (Å²) >= 11 is 0. The van der Waals surface area contributed by atoms with Crippen LogP contribution in [0.2, 0.25) is 0 Å². The topological polar surface area (TPSA) is 76.8 Å². The summed E-state index contributed by atoms with van der Waals surface area (Å²) in [5.41, 5.74) is 1.15. The maximum absolute atomic E-state index is 12.3. The van der Waals surface area contributed by atoms with E-state index in [4.69, 9.17) is 9.47 Å². The molecular formula is C20H25N3O4. The van der Waals surface area contributed by atoms with Gasteiger partial charge in [-0.15, -0.1) is 0 Å². The van der Waals surface area contributed by atoms with Gasteiger partial charge in [-0.1, -0.05) is 30.3 Å². The Labute approximate surface area is 158 Å². The monoisotopic (exact) mass is 371 g/mol. The number of carbonyl (C=O) groups is 1. The summed E-state index contributed by atoms with van der Waals surface area (Å²) in [6.45, 7) is 4.11. The number of aliphatic hydroxyl groups is 1. The molecule has 3 heterocycles. The average Bonchev–Trinajstić information content (AvgIpc) is 3.11. The Kier molecular flexibility index (Phi) is 4.78. The van der Waals surface area contributed by atoms with Gasteiger partial charge in [-0.2, -0.15) is 5.10 Å². The smallest absolute Gasteiger partial charge is 0.410 e. The fourth-order valence-electron chi connectivity index (χ4n) is 3.83. The van der Waals surface area contributed by atoms with Gasteiger partial charge in [0.05, 0.1) is 6.20 Å². The van der Waals surface area contributed by atoms with Gasteiger partial charge in [-0.3, -0.25) is 4.68 Å². The summed E-state index contributed by atoms with van der Waals surface area (Å²) in [6.07, 6.45) is 2.76. The first-order chi connectivity index (χ1) is 13.1. The van der Waals surface area contributed by atoms with Gasteiger partial charge in [0.1, 0.15) is 24.0 Å². The lowest BCUT2D eigenvalue weighted by Gasteiger charge is -2.44. The summed E-state index contributed by atoms with van der Waals surface area (Å²) in [6, 6.07) is 9.65.